The van der Waals surface area contributed by atoms with Crippen molar-refractivity contribution in [3.63, 3.8) is 0 Å². The second-order valence-corrected chi connectivity index (χ2v) is 19.2. The summed E-state index contributed by atoms with van der Waals surface area (Å²) in [7, 11) is 9.18. The van der Waals surface area contributed by atoms with Crippen LogP contribution < -0.4 is 0 Å². The summed E-state index contributed by atoms with van der Waals surface area (Å²) in [6.07, 6.45) is 2.29. The Hall–Kier alpha value is -2.27. The SMILES string of the molecule is CN1C(=O)[C@]2(Cc3ccc(CCc4ccc(C[C@]56C(=O)N(C)[C@](CO)(C(=O)N5C)S6=S=S)cc4)cc3)SS[C@@]1(CO)C(=O)N2C. The molecule has 10 nitrogen and oxygen atoms in total. The predicted molar refractivity (Wildman–Crippen MR) is 181 cm³/mol. The van der Waals surface area contributed by atoms with Crippen LogP contribution in [0.2, 0.25) is 0 Å². The molecule has 5 aliphatic rings. The average molecular weight is 707 g/mol. The van der Waals surface area contributed by atoms with Gasteiger partial charge >= 0.3 is 0 Å². The number of likely N-dealkylation sites (N-methyl/N-ethyl adjacent to an activating group) is 4. The van der Waals surface area contributed by atoms with Crippen molar-refractivity contribution in [1.29, 1.82) is 0 Å². The van der Waals surface area contributed by atoms with E-state index in [1.54, 1.807) is 28.2 Å². The molecule has 7 rings (SSSR count). The third kappa shape index (κ3) is 4.30. The minimum atomic E-state index is -1.30. The molecule has 5 saturated heterocycles. The quantitative estimate of drug-likeness (QED) is 0.363. The molecule has 0 saturated carbocycles. The molecule has 5 heterocycles. The third-order valence-corrected chi connectivity index (χ3v) is 19.3. The van der Waals surface area contributed by atoms with E-state index in [0.717, 1.165) is 44.0 Å². The van der Waals surface area contributed by atoms with Gasteiger partial charge in [0.15, 0.2) is 14.6 Å². The third-order valence-electron chi connectivity index (χ3n) is 9.79. The Labute approximate surface area is 279 Å². The summed E-state index contributed by atoms with van der Waals surface area (Å²) in [5.74, 6) is -0.907. The van der Waals surface area contributed by atoms with Gasteiger partial charge in [0, 0.05) is 41.0 Å². The Bertz CT molecular complexity index is 1670. The standard InChI is InChI=1S/C30H34N4O6S5/c1-31-24(38)28(17-35)32(2)23(37)27(31,42-43-28)15-21-11-7-19(8-12-21)5-6-20-9-13-22(14-10-20)16-29-25(39)34(4)30(18-36,45(29)44-41)26(40)33(29)3/h7-14,35-36H,5-6,15-18H2,1-4H3/t27-,28-,29-,30-,45?/m0/s1. The predicted octanol–water partition coefficient (Wildman–Crippen LogP) is 0.674. The maximum Gasteiger partial charge on any atom is 0.263 e. The van der Waals surface area contributed by atoms with Crippen molar-refractivity contribution in [3.8, 4) is 0 Å². The topological polar surface area (TPSA) is 122 Å². The van der Waals surface area contributed by atoms with E-state index >= 15 is 0 Å². The number of hydrogen-bond acceptors (Lipinski definition) is 9. The van der Waals surface area contributed by atoms with Crippen LogP contribution in [0.4, 0.5) is 0 Å². The van der Waals surface area contributed by atoms with Gasteiger partial charge in [-0.25, -0.2) is 0 Å². The maximum absolute atomic E-state index is 13.5. The molecule has 2 aromatic carbocycles. The van der Waals surface area contributed by atoms with Crippen LogP contribution in [0.3, 0.4) is 0 Å². The molecule has 4 amide bonds. The van der Waals surface area contributed by atoms with Crippen LogP contribution in [0.25, 0.3) is 0 Å². The molecule has 5 fully saturated rings. The first-order valence-corrected chi connectivity index (χ1v) is 19.9. The van der Waals surface area contributed by atoms with Crippen molar-refractivity contribution in [2.75, 3.05) is 41.4 Å². The van der Waals surface area contributed by atoms with E-state index in [2.05, 4.69) is 0 Å². The van der Waals surface area contributed by atoms with Crippen LogP contribution >= 0.6 is 21.6 Å². The highest BCUT2D eigenvalue weighted by molar-refractivity contribution is 8.78. The zero-order chi connectivity index (χ0) is 32.5. The van der Waals surface area contributed by atoms with E-state index in [1.807, 2.05) is 48.5 Å². The van der Waals surface area contributed by atoms with Gasteiger partial charge in [-0.05, 0) is 75.4 Å². The van der Waals surface area contributed by atoms with Gasteiger partial charge in [0.2, 0.25) is 4.87 Å². The minimum absolute atomic E-state index is 0.184. The molecule has 5 aliphatic heterocycles. The molecule has 4 bridgehead atoms. The van der Waals surface area contributed by atoms with Gasteiger partial charge in [-0.3, -0.25) is 19.2 Å². The number of aliphatic hydroxyl groups excluding tert-OH is 2. The Kier molecular flexibility index (Phi) is 8.32. The smallest absolute Gasteiger partial charge is 0.263 e. The van der Waals surface area contributed by atoms with E-state index in [-0.39, 0.29) is 23.6 Å². The molecule has 0 aromatic heterocycles. The first-order chi connectivity index (χ1) is 21.4. The molecule has 0 aliphatic carbocycles. The number of aryl methyl sites for hydroxylation is 2. The summed E-state index contributed by atoms with van der Waals surface area (Å²) in [5, 5.41) is 20.2. The number of fused-ring (bicyclic) bond motifs is 5. The molecule has 240 valence electrons. The van der Waals surface area contributed by atoms with E-state index in [9.17, 15) is 29.4 Å². The second-order valence-electron chi connectivity index (χ2n) is 11.9. The molecule has 5 atom stereocenters. The summed E-state index contributed by atoms with van der Waals surface area (Å²) < 4.78 is 0. The molecular weight excluding hydrogens is 673 g/mol. The number of aliphatic hydroxyl groups is 2. The lowest BCUT2D eigenvalue weighted by atomic mass is 9.95. The van der Waals surface area contributed by atoms with Crippen molar-refractivity contribution in [2.45, 2.75) is 45.2 Å². The zero-order valence-corrected chi connectivity index (χ0v) is 29.3. The first kappa shape index (κ1) is 32.7. The Morgan fingerprint density at radius 2 is 1.04 bits per heavy atom. The summed E-state index contributed by atoms with van der Waals surface area (Å²) in [5.41, 5.74) is 4.13. The fourth-order valence-electron chi connectivity index (χ4n) is 6.80. The van der Waals surface area contributed by atoms with Gasteiger partial charge in [0.25, 0.3) is 23.6 Å². The molecule has 2 aromatic rings. The van der Waals surface area contributed by atoms with Crippen LogP contribution in [0.15, 0.2) is 48.5 Å². The van der Waals surface area contributed by atoms with Gasteiger partial charge in [-0.2, -0.15) is 0 Å². The van der Waals surface area contributed by atoms with Crippen LogP contribution in [0, 0.1) is 0 Å². The Morgan fingerprint density at radius 3 is 1.56 bits per heavy atom. The molecule has 0 spiro atoms. The lowest BCUT2D eigenvalue weighted by molar-refractivity contribution is -0.165. The van der Waals surface area contributed by atoms with Gasteiger partial charge < -0.3 is 29.8 Å². The Morgan fingerprint density at radius 1 is 0.622 bits per heavy atom. The van der Waals surface area contributed by atoms with Crippen molar-refractivity contribution >= 4 is 74.7 Å². The van der Waals surface area contributed by atoms with Crippen LogP contribution in [-0.2, 0) is 74.4 Å². The number of amides is 4. The summed E-state index contributed by atoms with van der Waals surface area (Å²) in [6.45, 7) is -0.886. The molecule has 15 heteroatoms. The lowest BCUT2D eigenvalue weighted by Gasteiger charge is -2.58. The zero-order valence-electron chi connectivity index (χ0n) is 25.2. The van der Waals surface area contributed by atoms with Crippen LogP contribution in [-0.4, -0.2) is 114 Å². The first-order valence-electron chi connectivity index (χ1n) is 14.3. The largest absolute Gasteiger partial charge is 0.392 e. The number of nitrogens with zero attached hydrogens (tertiary/aromatic N) is 4. The average Bonchev–Trinajstić information content (AvgIpc) is 3.36. The normalized spacial score (nSPS) is 32.4. The highest BCUT2D eigenvalue weighted by Crippen LogP contribution is 2.59. The summed E-state index contributed by atoms with van der Waals surface area (Å²) >= 11 is 5.35. The molecule has 45 heavy (non-hydrogen) atoms. The van der Waals surface area contributed by atoms with E-state index in [0.29, 0.717) is 12.8 Å². The van der Waals surface area contributed by atoms with Crippen LogP contribution in [0.5, 0.6) is 0 Å². The fraction of sp³-hybridized carbons (Fsp3) is 0.467. The number of carbonyl (C=O) groups is 4. The number of piperazine rings is 2. The Balaban J connectivity index is 1.12. The van der Waals surface area contributed by atoms with E-state index in [4.69, 9.17) is 11.2 Å². The summed E-state index contributed by atoms with van der Waals surface area (Å²) in [6, 6.07) is 16.2. The minimum Gasteiger partial charge on any atom is -0.392 e. The molecular formula is C30H34N4O6S5. The number of hydrogen-bond donors (Lipinski definition) is 2. The van der Waals surface area contributed by atoms with Gasteiger partial charge in [0.05, 0.1) is 13.2 Å². The second kappa shape index (κ2) is 11.5. The van der Waals surface area contributed by atoms with Gasteiger partial charge in [0.1, 0.15) is 0 Å². The highest BCUT2D eigenvalue weighted by Gasteiger charge is 2.75. The lowest BCUT2D eigenvalue weighted by Crippen LogP contribution is -2.77. The summed E-state index contributed by atoms with van der Waals surface area (Å²) in [4.78, 5) is 54.2. The van der Waals surface area contributed by atoms with Crippen molar-refractivity contribution in [1.82, 2.24) is 19.6 Å². The maximum atomic E-state index is 13.5. The van der Waals surface area contributed by atoms with Gasteiger partial charge in [-0.1, -0.05) is 59.3 Å². The molecule has 2 N–H and O–H groups in total. The monoisotopic (exact) mass is 706 g/mol. The van der Waals surface area contributed by atoms with Crippen molar-refractivity contribution in [2.24, 2.45) is 0 Å². The van der Waals surface area contributed by atoms with Crippen LogP contribution in [0.1, 0.15) is 22.3 Å². The fourth-order valence-corrected chi connectivity index (χ4v) is 17.0. The number of carbonyl (C=O) groups excluding carboxylic acids is 4. The number of benzene rings is 2. The highest BCUT2D eigenvalue weighted by atomic mass is 33.1. The van der Waals surface area contributed by atoms with E-state index in [1.165, 1.54) is 41.2 Å². The van der Waals surface area contributed by atoms with Crippen molar-refractivity contribution in [3.05, 3.63) is 70.8 Å². The molecule has 0 radical (unpaired) electrons. The number of rotatable bonds is 9. The van der Waals surface area contributed by atoms with Crippen molar-refractivity contribution < 1.29 is 29.4 Å². The van der Waals surface area contributed by atoms with Gasteiger partial charge in [-0.15, -0.1) is 0 Å². The molecule has 1 unspecified atom stereocenters. The van der Waals surface area contributed by atoms with E-state index < -0.39 is 42.2 Å².